The van der Waals surface area contributed by atoms with Gasteiger partial charge in [-0.15, -0.1) is 0 Å². The summed E-state index contributed by atoms with van der Waals surface area (Å²) < 4.78 is 4.83. The normalized spacial score (nSPS) is 10.0. The lowest BCUT2D eigenvalue weighted by Gasteiger charge is -2.10. The van der Waals surface area contributed by atoms with Crippen LogP contribution < -0.4 is 5.73 Å². The second kappa shape index (κ2) is 5.09. The molecule has 0 unspecified atom stereocenters. The monoisotopic (exact) mass is 116 g/mol. The summed E-state index contributed by atoms with van der Waals surface area (Å²) in [6, 6.07) is 0. The van der Waals surface area contributed by atoms with Crippen LogP contribution in [0.4, 0.5) is 0 Å². The van der Waals surface area contributed by atoms with E-state index in [9.17, 15) is 0 Å². The zero-order chi connectivity index (χ0) is 6.41. The van der Waals surface area contributed by atoms with Crippen LogP contribution >= 0.6 is 0 Å². The Kier molecular flexibility index (Phi) is 5.05. The standard InChI is InChI=1S/C4H13BN2O/c1-7(4-3-6)5-8-2/h5H,3-4,6H2,1-2H3. The Morgan fingerprint density at radius 2 is 2.38 bits per heavy atom. The van der Waals surface area contributed by atoms with Gasteiger partial charge in [-0.05, 0) is 7.05 Å². The van der Waals surface area contributed by atoms with Gasteiger partial charge in [-0.1, -0.05) is 0 Å². The molecule has 0 aromatic carbocycles. The third-order valence-corrected chi connectivity index (χ3v) is 0.860. The van der Waals surface area contributed by atoms with Gasteiger partial charge in [0.2, 0.25) is 0 Å². The van der Waals surface area contributed by atoms with E-state index in [1.165, 1.54) is 0 Å². The molecule has 0 aliphatic carbocycles. The predicted octanol–water partition coefficient (Wildman–Crippen LogP) is -1.21. The number of nitrogens with zero attached hydrogens (tertiary/aromatic N) is 1. The van der Waals surface area contributed by atoms with Crippen molar-refractivity contribution >= 4 is 7.62 Å². The maximum absolute atomic E-state index is 5.26. The first-order valence-corrected chi connectivity index (χ1v) is 2.68. The van der Waals surface area contributed by atoms with Crippen LogP contribution in [-0.4, -0.2) is 39.7 Å². The second-order valence-corrected chi connectivity index (χ2v) is 1.79. The van der Waals surface area contributed by atoms with Gasteiger partial charge in [0.1, 0.15) is 0 Å². The molecule has 0 saturated heterocycles. The molecule has 0 radical (unpaired) electrons. The van der Waals surface area contributed by atoms with E-state index in [1.807, 2.05) is 11.9 Å². The van der Waals surface area contributed by atoms with Gasteiger partial charge < -0.3 is 15.2 Å². The Balaban J connectivity index is 2.92. The Bertz CT molecular complexity index is 47.3. The number of nitrogens with two attached hydrogens (primary N) is 1. The molecule has 0 aromatic heterocycles. The van der Waals surface area contributed by atoms with Crippen LogP contribution in [0.25, 0.3) is 0 Å². The van der Waals surface area contributed by atoms with Crippen LogP contribution in [0.1, 0.15) is 0 Å². The number of hydrogen-bond acceptors (Lipinski definition) is 3. The fraction of sp³-hybridized carbons (Fsp3) is 1.00. The Hall–Kier alpha value is -0.0551. The highest BCUT2D eigenvalue weighted by molar-refractivity contribution is 6.23. The van der Waals surface area contributed by atoms with Gasteiger partial charge in [-0.3, -0.25) is 0 Å². The first kappa shape index (κ1) is 7.94. The molecule has 0 bridgehead atoms. The summed E-state index contributed by atoms with van der Waals surface area (Å²) in [6.07, 6.45) is 0. The Morgan fingerprint density at radius 1 is 1.75 bits per heavy atom. The number of rotatable bonds is 4. The van der Waals surface area contributed by atoms with E-state index < -0.39 is 0 Å². The highest BCUT2D eigenvalue weighted by atomic mass is 16.4. The fourth-order valence-corrected chi connectivity index (χ4v) is 0.505. The summed E-state index contributed by atoms with van der Waals surface area (Å²) in [5.74, 6) is 0. The third kappa shape index (κ3) is 4.11. The minimum atomic E-state index is 0.664. The van der Waals surface area contributed by atoms with Crippen molar-refractivity contribution in [1.82, 2.24) is 4.81 Å². The Morgan fingerprint density at radius 3 is 2.75 bits per heavy atom. The van der Waals surface area contributed by atoms with Crippen LogP contribution in [0.3, 0.4) is 0 Å². The van der Waals surface area contributed by atoms with E-state index in [-0.39, 0.29) is 0 Å². The average Bonchev–Trinajstić information content (AvgIpc) is 1.68. The first-order valence-electron chi connectivity index (χ1n) is 2.68. The number of likely N-dealkylation sites (N-methyl/N-ethyl adjacent to an activating group) is 1. The number of hydrogen-bond donors (Lipinski definition) is 1. The molecule has 0 heterocycles. The van der Waals surface area contributed by atoms with E-state index in [0.29, 0.717) is 14.2 Å². The Labute approximate surface area is 51.1 Å². The van der Waals surface area contributed by atoms with Gasteiger partial charge in [0.05, 0.1) is 0 Å². The van der Waals surface area contributed by atoms with Gasteiger partial charge >= 0.3 is 7.62 Å². The molecule has 0 aliphatic heterocycles. The smallest absolute Gasteiger partial charge is 0.363 e. The maximum Gasteiger partial charge on any atom is 0.363 e. The zero-order valence-corrected chi connectivity index (χ0v) is 5.55. The van der Waals surface area contributed by atoms with Crippen LogP contribution in [0, 0.1) is 0 Å². The molecule has 0 saturated carbocycles. The van der Waals surface area contributed by atoms with E-state index in [1.54, 1.807) is 7.11 Å². The minimum absolute atomic E-state index is 0.664. The van der Waals surface area contributed by atoms with Crippen molar-refractivity contribution < 1.29 is 4.65 Å². The molecular formula is C4H13BN2O. The van der Waals surface area contributed by atoms with E-state index in [2.05, 4.69) is 0 Å². The van der Waals surface area contributed by atoms with Crippen molar-refractivity contribution in [3.63, 3.8) is 0 Å². The van der Waals surface area contributed by atoms with Gasteiger partial charge in [-0.25, -0.2) is 0 Å². The quantitative estimate of drug-likeness (QED) is 0.468. The summed E-state index contributed by atoms with van der Waals surface area (Å²) in [6.45, 7) is 1.59. The second-order valence-electron chi connectivity index (χ2n) is 1.79. The third-order valence-electron chi connectivity index (χ3n) is 0.860. The van der Waals surface area contributed by atoms with Crippen LogP contribution in [-0.2, 0) is 4.65 Å². The first-order chi connectivity index (χ1) is 3.81. The van der Waals surface area contributed by atoms with Crippen molar-refractivity contribution in [2.75, 3.05) is 27.2 Å². The van der Waals surface area contributed by atoms with Gasteiger partial charge in [-0.2, -0.15) is 0 Å². The highest BCUT2D eigenvalue weighted by Gasteiger charge is 1.94. The molecule has 4 heteroatoms. The molecular weight excluding hydrogens is 103 g/mol. The summed E-state index contributed by atoms with van der Waals surface area (Å²) in [7, 11) is 4.31. The molecule has 2 N–H and O–H groups in total. The lowest BCUT2D eigenvalue weighted by molar-refractivity contribution is 0.372. The summed E-state index contributed by atoms with van der Waals surface area (Å²) in [5.41, 5.74) is 5.26. The molecule has 3 nitrogen and oxygen atoms in total. The largest absolute Gasteiger partial charge is 0.427 e. The fourth-order valence-electron chi connectivity index (χ4n) is 0.505. The minimum Gasteiger partial charge on any atom is -0.427 e. The molecule has 0 fully saturated rings. The van der Waals surface area contributed by atoms with Gasteiger partial charge in [0, 0.05) is 20.2 Å². The average molecular weight is 116 g/mol. The molecule has 0 aliphatic rings. The molecule has 0 amide bonds. The van der Waals surface area contributed by atoms with Crippen molar-refractivity contribution in [3.8, 4) is 0 Å². The predicted molar refractivity (Wildman–Crippen MR) is 35.8 cm³/mol. The van der Waals surface area contributed by atoms with Crippen molar-refractivity contribution in [1.29, 1.82) is 0 Å². The van der Waals surface area contributed by atoms with Gasteiger partial charge in [0.15, 0.2) is 0 Å². The molecule has 48 valence electrons. The summed E-state index contributed by atoms with van der Waals surface area (Å²) in [4.78, 5) is 2.01. The highest BCUT2D eigenvalue weighted by Crippen LogP contribution is 1.73. The molecule has 0 atom stereocenters. The van der Waals surface area contributed by atoms with Crippen molar-refractivity contribution in [3.05, 3.63) is 0 Å². The van der Waals surface area contributed by atoms with Crippen LogP contribution in [0.5, 0.6) is 0 Å². The molecule has 0 spiro atoms. The summed E-state index contributed by atoms with van der Waals surface area (Å²) in [5, 5.41) is 0. The van der Waals surface area contributed by atoms with E-state index in [4.69, 9.17) is 10.4 Å². The molecule has 8 heavy (non-hydrogen) atoms. The lowest BCUT2D eigenvalue weighted by atomic mass is 10.2. The molecule has 0 rings (SSSR count). The van der Waals surface area contributed by atoms with Crippen LogP contribution in [0.2, 0.25) is 0 Å². The van der Waals surface area contributed by atoms with E-state index >= 15 is 0 Å². The summed E-state index contributed by atoms with van der Waals surface area (Å²) >= 11 is 0. The van der Waals surface area contributed by atoms with Crippen LogP contribution in [0.15, 0.2) is 0 Å². The molecule has 0 aromatic rings. The maximum atomic E-state index is 5.26. The van der Waals surface area contributed by atoms with Crippen molar-refractivity contribution in [2.24, 2.45) is 5.73 Å². The zero-order valence-electron chi connectivity index (χ0n) is 5.55. The topological polar surface area (TPSA) is 38.5 Å². The van der Waals surface area contributed by atoms with E-state index in [0.717, 1.165) is 6.54 Å². The van der Waals surface area contributed by atoms with Gasteiger partial charge in [0.25, 0.3) is 0 Å². The lowest BCUT2D eigenvalue weighted by Crippen LogP contribution is -2.29. The van der Waals surface area contributed by atoms with Crippen molar-refractivity contribution in [2.45, 2.75) is 0 Å². The SMILES string of the molecule is COBN(C)CCN.